The van der Waals surface area contributed by atoms with Crippen LogP contribution in [0.2, 0.25) is 0 Å². The smallest absolute Gasteiger partial charge is 0.303 e. The quantitative estimate of drug-likeness (QED) is 0.345. The number of amides is 1. The minimum atomic E-state index is -1.24. The third-order valence-corrected chi connectivity index (χ3v) is 6.30. The third kappa shape index (κ3) is 8.51. The molecule has 1 fully saturated rings. The van der Waals surface area contributed by atoms with Crippen LogP contribution < -0.4 is 10.1 Å². The Labute approximate surface area is 232 Å². The lowest BCUT2D eigenvalue weighted by Crippen LogP contribution is -2.59. The second-order valence-electron chi connectivity index (χ2n) is 9.53. The summed E-state index contributed by atoms with van der Waals surface area (Å²) in [6.45, 7) is 7.08. The van der Waals surface area contributed by atoms with Gasteiger partial charge in [0.25, 0.3) is 0 Å². The number of halogens is 1. The second-order valence-corrected chi connectivity index (χ2v) is 9.53. The van der Waals surface area contributed by atoms with E-state index in [2.05, 4.69) is 5.32 Å². The summed E-state index contributed by atoms with van der Waals surface area (Å²) in [7, 11) is 0. The summed E-state index contributed by atoms with van der Waals surface area (Å²) in [6.07, 6.45) is -3.61. The summed E-state index contributed by atoms with van der Waals surface area (Å²) in [4.78, 5) is 46.8. The molecular formula is C29H34FNO9. The molecule has 10 nitrogen and oxygen atoms in total. The molecule has 1 aliphatic heterocycles. The van der Waals surface area contributed by atoms with Gasteiger partial charge in [-0.1, -0.05) is 25.1 Å². The van der Waals surface area contributed by atoms with Gasteiger partial charge in [0.05, 0.1) is 0 Å². The average Bonchev–Trinajstić information content (AvgIpc) is 2.87. The van der Waals surface area contributed by atoms with Gasteiger partial charge in [0, 0.05) is 40.2 Å². The van der Waals surface area contributed by atoms with Crippen molar-refractivity contribution in [2.75, 3.05) is 13.2 Å². The minimum absolute atomic E-state index is 0.141. The van der Waals surface area contributed by atoms with Gasteiger partial charge in [0.1, 0.15) is 30.4 Å². The number of nitrogens with one attached hydrogen (secondary N) is 1. The number of rotatable bonds is 10. The zero-order valence-electron chi connectivity index (χ0n) is 23.1. The van der Waals surface area contributed by atoms with E-state index >= 15 is 0 Å². The van der Waals surface area contributed by atoms with Gasteiger partial charge in [-0.05, 0) is 47.4 Å². The molecule has 1 N–H and O–H groups in total. The van der Waals surface area contributed by atoms with E-state index in [4.69, 9.17) is 23.7 Å². The zero-order chi connectivity index (χ0) is 29.4. The highest BCUT2D eigenvalue weighted by Gasteiger charge is 2.49. The molecule has 2 aromatic rings. The Kier molecular flexibility index (Phi) is 10.6. The largest absolute Gasteiger partial charge is 0.463 e. The average molecular weight is 560 g/mol. The summed E-state index contributed by atoms with van der Waals surface area (Å²) < 4.78 is 42.5. The number of ether oxygens (including phenoxy) is 5. The standard InChI is InChI=1S/C29H34FNO9/c1-16-26(15-36-18(3)33)40-29(28(38-20(5)35)27(16)37-19(4)34)39-24-10-9-21(11-12-31-17(2)32)25(14-24)22-7-6-8-23(30)13-22/h6-10,13-14,16,26-29H,11-12,15H2,1-5H3,(H,31,32)/t16-,26-,27+,28-,29?/m0/s1. The number of benzene rings is 2. The molecule has 0 saturated carbocycles. The van der Waals surface area contributed by atoms with Crippen LogP contribution in [0.25, 0.3) is 11.1 Å². The summed E-state index contributed by atoms with van der Waals surface area (Å²) in [6, 6.07) is 11.2. The molecule has 216 valence electrons. The van der Waals surface area contributed by atoms with Crippen LogP contribution in [0.1, 0.15) is 40.2 Å². The maximum Gasteiger partial charge on any atom is 0.303 e. The first kappa shape index (κ1) is 30.6. The lowest BCUT2D eigenvalue weighted by Gasteiger charge is -2.43. The van der Waals surface area contributed by atoms with Crippen molar-refractivity contribution in [1.82, 2.24) is 5.32 Å². The van der Waals surface area contributed by atoms with Gasteiger partial charge in [-0.3, -0.25) is 19.2 Å². The van der Waals surface area contributed by atoms with Crippen LogP contribution in [0.4, 0.5) is 4.39 Å². The van der Waals surface area contributed by atoms with Crippen molar-refractivity contribution in [3.8, 4) is 16.9 Å². The highest BCUT2D eigenvalue weighted by Crippen LogP contribution is 2.34. The number of hydrogen-bond acceptors (Lipinski definition) is 9. The molecule has 0 radical (unpaired) electrons. The Morgan fingerprint density at radius 1 is 0.925 bits per heavy atom. The summed E-state index contributed by atoms with van der Waals surface area (Å²) in [5, 5.41) is 2.75. The van der Waals surface area contributed by atoms with Gasteiger partial charge in [-0.25, -0.2) is 4.39 Å². The molecule has 1 aliphatic rings. The Bertz CT molecular complexity index is 1230. The molecule has 11 heteroatoms. The van der Waals surface area contributed by atoms with Gasteiger partial charge in [0.2, 0.25) is 18.3 Å². The molecule has 1 heterocycles. The normalized spacial score (nSPS) is 22.1. The Morgan fingerprint density at radius 3 is 2.25 bits per heavy atom. The van der Waals surface area contributed by atoms with Crippen molar-refractivity contribution in [2.24, 2.45) is 5.92 Å². The van der Waals surface area contributed by atoms with E-state index in [0.29, 0.717) is 29.8 Å². The van der Waals surface area contributed by atoms with E-state index in [9.17, 15) is 23.6 Å². The molecule has 0 spiro atoms. The molecule has 0 bridgehead atoms. The number of carbonyl (C=O) groups excluding carboxylic acids is 4. The molecule has 1 unspecified atom stereocenters. The van der Waals surface area contributed by atoms with Gasteiger partial charge < -0.3 is 29.0 Å². The molecule has 0 aromatic heterocycles. The fourth-order valence-electron chi connectivity index (χ4n) is 4.48. The number of esters is 3. The maximum absolute atomic E-state index is 14.1. The predicted octanol–water partition coefficient (Wildman–Crippen LogP) is 3.34. The van der Waals surface area contributed by atoms with Gasteiger partial charge in [0.15, 0.2) is 0 Å². The van der Waals surface area contributed by atoms with E-state index in [1.165, 1.54) is 39.8 Å². The van der Waals surface area contributed by atoms with Crippen molar-refractivity contribution in [2.45, 2.75) is 65.6 Å². The first-order valence-corrected chi connectivity index (χ1v) is 12.9. The van der Waals surface area contributed by atoms with Crippen LogP contribution in [0.3, 0.4) is 0 Å². The van der Waals surface area contributed by atoms with Crippen LogP contribution in [0.15, 0.2) is 42.5 Å². The van der Waals surface area contributed by atoms with Crippen LogP contribution >= 0.6 is 0 Å². The number of carbonyl (C=O) groups is 4. The van der Waals surface area contributed by atoms with Crippen molar-refractivity contribution in [1.29, 1.82) is 0 Å². The van der Waals surface area contributed by atoms with Gasteiger partial charge in [-0.15, -0.1) is 0 Å². The van der Waals surface area contributed by atoms with E-state index in [-0.39, 0.29) is 12.5 Å². The minimum Gasteiger partial charge on any atom is -0.463 e. The topological polar surface area (TPSA) is 126 Å². The van der Waals surface area contributed by atoms with E-state index < -0.39 is 54.2 Å². The van der Waals surface area contributed by atoms with Crippen LogP contribution in [0, 0.1) is 11.7 Å². The third-order valence-electron chi connectivity index (χ3n) is 6.30. The predicted molar refractivity (Wildman–Crippen MR) is 140 cm³/mol. The number of hydrogen-bond donors (Lipinski definition) is 1. The molecule has 40 heavy (non-hydrogen) atoms. The first-order chi connectivity index (χ1) is 18.9. The SMILES string of the molecule is CC(=O)NCCc1ccc(OC2O[C@@H](COC(C)=O)[C@H](C)[C@@H](OC(C)=O)[C@@H]2OC(C)=O)cc1-c1cccc(F)c1. The molecular weight excluding hydrogens is 525 g/mol. The van der Waals surface area contributed by atoms with Crippen molar-refractivity contribution in [3.63, 3.8) is 0 Å². The molecule has 0 aliphatic carbocycles. The lowest BCUT2D eigenvalue weighted by molar-refractivity contribution is -0.271. The summed E-state index contributed by atoms with van der Waals surface area (Å²) in [5.74, 6) is -2.57. The van der Waals surface area contributed by atoms with Gasteiger partial charge >= 0.3 is 17.9 Å². The summed E-state index contributed by atoms with van der Waals surface area (Å²) in [5.41, 5.74) is 2.07. The lowest BCUT2D eigenvalue weighted by atomic mass is 9.90. The van der Waals surface area contributed by atoms with Crippen LogP contribution in [-0.2, 0) is 44.5 Å². The highest BCUT2D eigenvalue weighted by atomic mass is 19.1. The van der Waals surface area contributed by atoms with Crippen molar-refractivity contribution in [3.05, 3.63) is 53.8 Å². The van der Waals surface area contributed by atoms with Crippen molar-refractivity contribution < 1.29 is 47.3 Å². The highest BCUT2D eigenvalue weighted by molar-refractivity contribution is 5.73. The van der Waals surface area contributed by atoms with E-state index in [1.807, 2.05) is 0 Å². The van der Waals surface area contributed by atoms with E-state index in [0.717, 1.165) is 5.56 Å². The molecule has 2 aromatic carbocycles. The zero-order valence-corrected chi connectivity index (χ0v) is 23.1. The Morgan fingerprint density at radius 2 is 1.62 bits per heavy atom. The fourth-order valence-corrected chi connectivity index (χ4v) is 4.48. The molecule has 5 atom stereocenters. The Balaban J connectivity index is 1.98. The fraction of sp³-hybridized carbons (Fsp3) is 0.448. The van der Waals surface area contributed by atoms with Crippen LogP contribution in [-0.4, -0.2) is 61.6 Å². The second kappa shape index (κ2) is 13.9. The maximum atomic E-state index is 14.1. The van der Waals surface area contributed by atoms with Crippen molar-refractivity contribution >= 4 is 23.8 Å². The van der Waals surface area contributed by atoms with Crippen LogP contribution in [0.5, 0.6) is 5.75 Å². The molecule has 3 rings (SSSR count). The summed E-state index contributed by atoms with van der Waals surface area (Å²) >= 11 is 0. The molecule has 1 saturated heterocycles. The molecule has 1 amide bonds. The van der Waals surface area contributed by atoms with E-state index in [1.54, 1.807) is 37.3 Å². The Hall–Kier alpha value is -3.99. The monoisotopic (exact) mass is 559 g/mol. The first-order valence-electron chi connectivity index (χ1n) is 12.9. The van der Waals surface area contributed by atoms with Gasteiger partial charge in [-0.2, -0.15) is 0 Å².